The van der Waals surface area contributed by atoms with Crippen LogP contribution in [0.4, 0.5) is 10.5 Å². The number of amides is 2. The maximum absolute atomic E-state index is 12.9. The standard InChI is InChI=1S/C26H34N4O6/c1-15-20(14-35-26(34)30(3)17-8-4-5-9-17)23(36-29-15)22-13-12-21(16(2)27-22)28-24(31)18-10-6-7-11-19(18)25(32)33/h12-13,17-19H,4-11,14H2,1-3H3,(H,28,31)(H,32,33). The van der Waals surface area contributed by atoms with Crippen molar-refractivity contribution in [3.63, 3.8) is 0 Å². The van der Waals surface area contributed by atoms with E-state index in [1.165, 1.54) is 0 Å². The van der Waals surface area contributed by atoms with Gasteiger partial charge in [0.1, 0.15) is 12.3 Å². The molecular formula is C26H34N4O6. The highest BCUT2D eigenvalue weighted by atomic mass is 16.6. The molecule has 2 aromatic heterocycles. The SMILES string of the molecule is Cc1nc(-c2onc(C)c2COC(=O)N(C)C2CCCC2)ccc1NC(=O)C1CCCCC1C(=O)O. The minimum Gasteiger partial charge on any atom is -0.481 e. The third kappa shape index (κ3) is 5.52. The first kappa shape index (κ1) is 25.7. The number of carbonyl (C=O) groups excluding carboxylic acids is 2. The lowest BCUT2D eigenvalue weighted by Crippen LogP contribution is -2.36. The van der Waals surface area contributed by atoms with E-state index in [-0.39, 0.29) is 24.6 Å². The molecule has 10 nitrogen and oxygen atoms in total. The van der Waals surface area contributed by atoms with Gasteiger partial charge in [0, 0.05) is 13.1 Å². The van der Waals surface area contributed by atoms with Crippen molar-refractivity contribution in [3.8, 4) is 11.5 Å². The minimum atomic E-state index is -0.927. The minimum absolute atomic E-state index is 0.0119. The zero-order valence-electron chi connectivity index (χ0n) is 21.1. The van der Waals surface area contributed by atoms with Crippen molar-refractivity contribution in [2.75, 3.05) is 12.4 Å². The summed E-state index contributed by atoms with van der Waals surface area (Å²) in [6.45, 7) is 3.55. The van der Waals surface area contributed by atoms with E-state index in [9.17, 15) is 19.5 Å². The molecule has 10 heteroatoms. The van der Waals surface area contributed by atoms with Gasteiger partial charge in [0.25, 0.3) is 0 Å². The molecule has 2 amide bonds. The Kier molecular flexibility index (Phi) is 7.91. The van der Waals surface area contributed by atoms with Crippen LogP contribution < -0.4 is 5.32 Å². The van der Waals surface area contributed by atoms with Crippen LogP contribution >= 0.6 is 0 Å². The van der Waals surface area contributed by atoms with E-state index >= 15 is 0 Å². The Bertz CT molecular complexity index is 1120. The van der Waals surface area contributed by atoms with E-state index in [1.54, 1.807) is 37.9 Å². The first-order valence-electron chi connectivity index (χ1n) is 12.6. The fourth-order valence-electron chi connectivity index (χ4n) is 5.22. The number of ether oxygens (including phenoxy) is 1. The lowest BCUT2D eigenvalue weighted by Gasteiger charge is -2.27. The Labute approximate surface area is 210 Å². The highest BCUT2D eigenvalue weighted by Crippen LogP contribution is 2.32. The smallest absolute Gasteiger partial charge is 0.410 e. The van der Waals surface area contributed by atoms with Crippen LogP contribution in [0.2, 0.25) is 0 Å². The lowest BCUT2D eigenvalue weighted by molar-refractivity contribution is -0.147. The van der Waals surface area contributed by atoms with Crippen LogP contribution in [0.3, 0.4) is 0 Å². The van der Waals surface area contributed by atoms with Gasteiger partial charge in [-0.25, -0.2) is 9.78 Å². The quantitative estimate of drug-likeness (QED) is 0.561. The van der Waals surface area contributed by atoms with Gasteiger partial charge < -0.3 is 24.6 Å². The third-order valence-corrected chi connectivity index (χ3v) is 7.48. The summed E-state index contributed by atoms with van der Waals surface area (Å²) in [5.41, 5.74) is 2.82. The van der Waals surface area contributed by atoms with E-state index in [2.05, 4.69) is 15.5 Å². The summed E-state index contributed by atoms with van der Waals surface area (Å²) >= 11 is 0. The van der Waals surface area contributed by atoms with Gasteiger partial charge in [-0.2, -0.15) is 0 Å². The molecule has 2 unspecified atom stereocenters. The second-order valence-electron chi connectivity index (χ2n) is 9.83. The Balaban J connectivity index is 1.44. The second-order valence-corrected chi connectivity index (χ2v) is 9.83. The number of carboxylic acid groups (broad SMARTS) is 1. The Morgan fingerprint density at radius 1 is 1.06 bits per heavy atom. The summed E-state index contributed by atoms with van der Waals surface area (Å²) in [6.07, 6.45) is 6.59. The van der Waals surface area contributed by atoms with Gasteiger partial charge in [-0.3, -0.25) is 9.59 Å². The van der Waals surface area contributed by atoms with Crippen LogP contribution in [0.25, 0.3) is 11.5 Å². The van der Waals surface area contributed by atoms with E-state index in [1.807, 2.05) is 0 Å². The number of nitrogens with one attached hydrogen (secondary N) is 1. The van der Waals surface area contributed by atoms with Gasteiger partial charge in [0.2, 0.25) is 5.91 Å². The summed E-state index contributed by atoms with van der Waals surface area (Å²) in [4.78, 5) is 43.2. The number of aromatic nitrogens is 2. The average Bonchev–Trinajstić information content (AvgIpc) is 3.53. The summed E-state index contributed by atoms with van der Waals surface area (Å²) in [5.74, 6) is -2.04. The molecule has 2 N–H and O–H groups in total. The van der Waals surface area contributed by atoms with Crippen LogP contribution in [0.15, 0.2) is 16.7 Å². The Morgan fingerprint density at radius 2 is 1.72 bits per heavy atom. The predicted molar refractivity (Wildman–Crippen MR) is 131 cm³/mol. The van der Waals surface area contributed by atoms with E-state index in [0.29, 0.717) is 46.9 Å². The molecule has 0 spiro atoms. The van der Waals surface area contributed by atoms with Crippen LogP contribution in [-0.2, 0) is 20.9 Å². The number of pyridine rings is 1. The molecule has 194 valence electrons. The van der Waals surface area contributed by atoms with Crippen molar-refractivity contribution >= 4 is 23.7 Å². The molecule has 36 heavy (non-hydrogen) atoms. The number of rotatable bonds is 7. The summed E-state index contributed by atoms with van der Waals surface area (Å²) in [5, 5.41) is 16.4. The van der Waals surface area contributed by atoms with Crippen molar-refractivity contribution in [1.82, 2.24) is 15.0 Å². The largest absolute Gasteiger partial charge is 0.481 e. The van der Waals surface area contributed by atoms with E-state index in [0.717, 1.165) is 38.5 Å². The number of nitrogens with zero attached hydrogens (tertiary/aromatic N) is 3. The summed E-state index contributed by atoms with van der Waals surface area (Å²) < 4.78 is 11.1. The van der Waals surface area contributed by atoms with Crippen molar-refractivity contribution in [2.45, 2.75) is 77.9 Å². The zero-order valence-corrected chi connectivity index (χ0v) is 21.1. The van der Waals surface area contributed by atoms with Gasteiger partial charge in [-0.05, 0) is 51.7 Å². The van der Waals surface area contributed by atoms with Crippen LogP contribution in [-0.4, -0.2) is 51.2 Å². The van der Waals surface area contributed by atoms with E-state index in [4.69, 9.17) is 9.26 Å². The number of carbonyl (C=O) groups is 3. The predicted octanol–water partition coefficient (Wildman–Crippen LogP) is 4.69. The first-order chi connectivity index (χ1) is 17.3. The number of hydrogen-bond donors (Lipinski definition) is 2. The van der Waals surface area contributed by atoms with E-state index < -0.39 is 17.8 Å². The van der Waals surface area contributed by atoms with Gasteiger partial charge in [-0.1, -0.05) is 30.8 Å². The molecule has 2 aliphatic rings. The molecule has 4 rings (SSSR count). The fraction of sp³-hybridized carbons (Fsp3) is 0.577. The molecule has 2 heterocycles. The maximum atomic E-state index is 12.9. The summed E-state index contributed by atoms with van der Waals surface area (Å²) in [7, 11) is 1.77. The van der Waals surface area contributed by atoms with Gasteiger partial charge in [0.05, 0.1) is 34.5 Å². The number of aryl methyl sites for hydroxylation is 2. The molecular weight excluding hydrogens is 464 g/mol. The Hall–Kier alpha value is -3.43. The normalized spacial score (nSPS) is 20.2. The van der Waals surface area contributed by atoms with Crippen LogP contribution in [0, 0.1) is 25.7 Å². The zero-order chi connectivity index (χ0) is 25.8. The first-order valence-corrected chi connectivity index (χ1v) is 12.6. The second kappa shape index (κ2) is 11.1. The molecule has 0 aliphatic heterocycles. The third-order valence-electron chi connectivity index (χ3n) is 7.48. The van der Waals surface area contributed by atoms with Crippen LogP contribution in [0.1, 0.15) is 68.3 Å². The van der Waals surface area contributed by atoms with Gasteiger partial charge >= 0.3 is 12.1 Å². The van der Waals surface area contributed by atoms with Crippen molar-refractivity contribution in [2.24, 2.45) is 11.8 Å². The number of carboxylic acids is 1. The molecule has 0 aromatic carbocycles. The maximum Gasteiger partial charge on any atom is 0.410 e. The van der Waals surface area contributed by atoms with Gasteiger partial charge in [-0.15, -0.1) is 0 Å². The molecule has 2 aromatic rings. The molecule has 2 atom stereocenters. The van der Waals surface area contributed by atoms with Crippen LogP contribution in [0.5, 0.6) is 0 Å². The fourth-order valence-corrected chi connectivity index (χ4v) is 5.22. The van der Waals surface area contributed by atoms with Crippen molar-refractivity contribution < 1.29 is 28.8 Å². The monoisotopic (exact) mass is 498 g/mol. The topological polar surface area (TPSA) is 135 Å². The molecule has 0 radical (unpaired) electrons. The Morgan fingerprint density at radius 3 is 2.39 bits per heavy atom. The number of hydrogen-bond acceptors (Lipinski definition) is 7. The highest BCUT2D eigenvalue weighted by molar-refractivity contribution is 5.95. The van der Waals surface area contributed by atoms with Gasteiger partial charge in [0.15, 0.2) is 5.76 Å². The van der Waals surface area contributed by atoms with Crippen molar-refractivity contribution in [1.29, 1.82) is 0 Å². The lowest BCUT2D eigenvalue weighted by atomic mass is 9.78. The molecule has 0 saturated heterocycles. The van der Waals surface area contributed by atoms with Crippen molar-refractivity contribution in [3.05, 3.63) is 29.1 Å². The summed E-state index contributed by atoms with van der Waals surface area (Å²) in [6, 6.07) is 3.64. The highest BCUT2D eigenvalue weighted by Gasteiger charge is 2.36. The molecule has 2 aliphatic carbocycles. The number of aliphatic carboxylic acids is 1. The molecule has 2 fully saturated rings. The molecule has 0 bridgehead atoms. The molecule has 2 saturated carbocycles. The average molecular weight is 499 g/mol. The number of anilines is 1.